The van der Waals surface area contributed by atoms with Gasteiger partial charge >= 0.3 is 0 Å². The van der Waals surface area contributed by atoms with Gasteiger partial charge in [-0.3, -0.25) is 0 Å². The van der Waals surface area contributed by atoms with Crippen molar-refractivity contribution in [1.82, 2.24) is 9.97 Å². The van der Waals surface area contributed by atoms with Crippen molar-refractivity contribution in [2.45, 2.75) is 71.3 Å². The molecule has 1 aromatic heterocycles. The predicted molar refractivity (Wildman–Crippen MR) is 85.4 cm³/mol. The molecule has 1 atom stereocenters. The first kappa shape index (κ1) is 15.6. The van der Waals surface area contributed by atoms with E-state index < -0.39 is 0 Å². The lowest BCUT2D eigenvalue weighted by atomic mass is 9.83. The molecule has 20 heavy (non-hydrogen) atoms. The molecule has 0 amide bonds. The summed E-state index contributed by atoms with van der Waals surface area (Å²) < 4.78 is 0. The minimum atomic E-state index is 0.295. The highest BCUT2D eigenvalue weighted by atomic mass is 35.5. The topological polar surface area (TPSA) is 37.8 Å². The Bertz CT molecular complexity index is 428. The summed E-state index contributed by atoms with van der Waals surface area (Å²) in [7, 11) is 0. The van der Waals surface area contributed by atoms with Gasteiger partial charge in [-0.2, -0.15) is 0 Å². The summed E-state index contributed by atoms with van der Waals surface area (Å²) in [5, 5.41) is 4.13. The number of rotatable bonds is 5. The third-order valence-electron chi connectivity index (χ3n) is 4.22. The predicted octanol–water partition coefficient (Wildman–Crippen LogP) is 5.02. The molecule has 2 rings (SSSR count). The van der Waals surface area contributed by atoms with Gasteiger partial charge in [-0.15, -0.1) is 0 Å². The molecule has 1 saturated carbocycles. The van der Waals surface area contributed by atoms with E-state index in [2.05, 4.69) is 36.1 Å². The second kappa shape index (κ2) is 7.26. The molecular weight excluding hydrogens is 270 g/mol. The normalized spacial score (nSPS) is 18.2. The maximum absolute atomic E-state index is 6.12. The minimum absolute atomic E-state index is 0.295. The summed E-state index contributed by atoms with van der Waals surface area (Å²) >= 11 is 6.12. The highest BCUT2D eigenvalue weighted by Gasteiger charge is 2.22. The molecule has 0 aromatic carbocycles. The number of nitrogens with one attached hydrogen (secondary N) is 1. The summed E-state index contributed by atoms with van der Waals surface area (Å²) in [6.45, 7) is 6.43. The Morgan fingerprint density at radius 1 is 1.25 bits per heavy atom. The van der Waals surface area contributed by atoms with Crippen LogP contribution in [0.25, 0.3) is 0 Å². The number of hydrogen-bond acceptors (Lipinski definition) is 3. The number of hydrogen-bond donors (Lipinski definition) is 1. The van der Waals surface area contributed by atoms with E-state index in [4.69, 9.17) is 11.6 Å². The van der Waals surface area contributed by atoms with Gasteiger partial charge < -0.3 is 5.32 Å². The maximum Gasteiger partial charge on any atom is 0.135 e. The molecular formula is C16H26ClN3. The first-order valence-electron chi connectivity index (χ1n) is 7.91. The summed E-state index contributed by atoms with van der Waals surface area (Å²) in [6.07, 6.45) is 7.92. The Hall–Kier alpha value is -0.830. The van der Waals surface area contributed by atoms with Gasteiger partial charge in [0.05, 0.1) is 0 Å². The van der Waals surface area contributed by atoms with Gasteiger partial charge in [0.1, 0.15) is 16.8 Å². The van der Waals surface area contributed by atoms with E-state index in [-0.39, 0.29) is 0 Å². The number of aromatic nitrogens is 2. The zero-order valence-electron chi connectivity index (χ0n) is 12.8. The molecule has 4 heteroatoms. The standard InChI is InChI=1S/C16H26ClN3/c1-4-13(12-8-6-5-7-9-12)18-15-10-14(17)19-16(20-15)11(2)3/h10-13H,4-9H2,1-3H3,(H,18,19,20). The van der Waals surface area contributed by atoms with Gasteiger partial charge in [0.25, 0.3) is 0 Å². The van der Waals surface area contributed by atoms with Gasteiger partial charge in [-0.1, -0.05) is 51.6 Å². The van der Waals surface area contributed by atoms with Gasteiger partial charge in [0.15, 0.2) is 0 Å². The number of nitrogens with zero attached hydrogens (tertiary/aromatic N) is 2. The molecule has 0 saturated heterocycles. The van der Waals surface area contributed by atoms with Gasteiger partial charge in [-0.25, -0.2) is 9.97 Å². The van der Waals surface area contributed by atoms with Crippen LogP contribution in [0.4, 0.5) is 5.82 Å². The van der Waals surface area contributed by atoms with Crippen LogP contribution in [0.5, 0.6) is 0 Å². The van der Waals surface area contributed by atoms with E-state index in [1.807, 2.05) is 6.07 Å². The quantitative estimate of drug-likeness (QED) is 0.775. The van der Waals surface area contributed by atoms with Crippen LogP contribution in [0.3, 0.4) is 0 Å². The zero-order chi connectivity index (χ0) is 14.5. The smallest absolute Gasteiger partial charge is 0.135 e. The molecule has 1 aliphatic rings. The number of halogens is 1. The summed E-state index contributed by atoms with van der Waals surface area (Å²) in [4.78, 5) is 8.90. The number of anilines is 1. The van der Waals surface area contributed by atoms with Crippen LogP contribution in [0.2, 0.25) is 5.15 Å². The van der Waals surface area contributed by atoms with E-state index in [0.717, 1.165) is 24.0 Å². The van der Waals surface area contributed by atoms with Crippen molar-refractivity contribution < 1.29 is 0 Å². The largest absolute Gasteiger partial charge is 0.367 e. The lowest BCUT2D eigenvalue weighted by molar-refractivity contribution is 0.312. The van der Waals surface area contributed by atoms with Crippen LogP contribution in [0.15, 0.2) is 6.07 Å². The molecule has 0 spiro atoms. The lowest BCUT2D eigenvalue weighted by Crippen LogP contribution is -2.30. The Morgan fingerprint density at radius 2 is 1.95 bits per heavy atom. The summed E-state index contributed by atoms with van der Waals surface area (Å²) in [5.74, 6) is 2.76. The second-order valence-corrected chi connectivity index (χ2v) is 6.53. The first-order chi connectivity index (χ1) is 9.60. The van der Waals surface area contributed by atoms with Crippen molar-refractivity contribution >= 4 is 17.4 Å². The molecule has 1 unspecified atom stereocenters. The van der Waals surface area contributed by atoms with Crippen LogP contribution in [0.1, 0.15) is 71.0 Å². The molecule has 1 fully saturated rings. The summed E-state index contributed by atoms with van der Waals surface area (Å²) in [5.41, 5.74) is 0. The Labute approximate surface area is 127 Å². The molecule has 3 nitrogen and oxygen atoms in total. The third kappa shape index (κ3) is 4.08. The van der Waals surface area contributed by atoms with E-state index in [1.54, 1.807) is 0 Å². The fourth-order valence-corrected chi connectivity index (χ4v) is 3.24. The van der Waals surface area contributed by atoms with Gasteiger partial charge in [-0.05, 0) is 25.2 Å². The highest BCUT2D eigenvalue weighted by molar-refractivity contribution is 6.29. The molecule has 0 radical (unpaired) electrons. The Morgan fingerprint density at radius 3 is 2.55 bits per heavy atom. The first-order valence-corrected chi connectivity index (χ1v) is 8.29. The van der Waals surface area contributed by atoms with Crippen LogP contribution in [-0.4, -0.2) is 16.0 Å². The van der Waals surface area contributed by atoms with Crippen LogP contribution in [0, 0.1) is 5.92 Å². The zero-order valence-corrected chi connectivity index (χ0v) is 13.6. The van der Waals surface area contributed by atoms with Crippen molar-refractivity contribution in [1.29, 1.82) is 0 Å². The molecule has 0 aliphatic heterocycles. The van der Waals surface area contributed by atoms with Crippen molar-refractivity contribution in [3.05, 3.63) is 17.0 Å². The molecule has 1 N–H and O–H groups in total. The van der Waals surface area contributed by atoms with Gasteiger partial charge in [0.2, 0.25) is 0 Å². The van der Waals surface area contributed by atoms with Crippen LogP contribution < -0.4 is 5.32 Å². The van der Waals surface area contributed by atoms with Crippen LogP contribution >= 0.6 is 11.6 Å². The molecule has 1 heterocycles. The van der Waals surface area contributed by atoms with Crippen molar-refractivity contribution in [3.63, 3.8) is 0 Å². The minimum Gasteiger partial charge on any atom is -0.367 e. The average molecular weight is 296 g/mol. The second-order valence-electron chi connectivity index (χ2n) is 6.15. The maximum atomic E-state index is 6.12. The van der Waals surface area contributed by atoms with E-state index in [0.29, 0.717) is 17.1 Å². The fourth-order valence-electron chi connectivity index (χ4n) is 3.05. The molecule has 0 bridgehead atoms. The van der Waals surface area contributed by atoms with E-state index in [1.165, 1.54) is 32.1 Å². The SMILES string of the molecule is CCC(Nc1cc(Cl)nc(C(C)C)n1)C1CCCCC1. The molecule has 1 aliphatic carbocycles. The fraction of sp³-hybridized carbons (Fsp3) is 0.750. The van der Waals surface area contributed by atoms with Crippen LogP contribution in [-0.2, 0) is 0 Å². The van der Waals surface area contributed by atoms with E-state index >= 15 is 0 Å². The van der Waals surface area contributed by atoms with Gasteiger partial charge in [0, 0.05) is 18.0 Å². The van der Waals surface area contributed by atoms with Crippen molar-refractivity contribution in [2.75, 3.05) is 5.32 Å². The Balaban J connectivity index is 2.10. The lowest BCUT2D eigenvalue weighted by Gasteiger charge is -2.30. The molecule has 1 aromatic rings. The highest BCUT2D eigenvalue weighted by Crippen LogP contribution is 2.29. The average Bonchev–Trinajstić information content (AvgIpc) is 2.45. The van der Waals surface area contributed by atoms with E-state index in [9.17, 15) is 0 Å². The third-order valence-corrected chi connectivity index (χ3v) is 4.41. The monoisotopic (exact) mass is 295 g/mol. The van der Waals surface area contributed by atoms with Crippen molar-refractivity contribution in [2.24, 2.45) is 5.92 Å². The Kier molecular flexibility index (Phi) is 5.64. The molecule has 112 valence electrons. The summed E-state index contributed by atoms with van der Waals surface area (Å²) in [6, 6.07) is 2.35. The van der Waals surface area contributed by atoms with Crippen molar-refractivity contribution in [3.8, 4) is 0 Å².